The Morgan fingerprint density at radius 3 is 2.55 bits per heavy atom. The Kier molecular flexibility index (Phi) is 4.18. The molecule has 0 radical (unpaired) electrons. The number of benzene rings is 1. The highest BCUT2D eigenvalue weighted by Crippen LogP contribution is 2.53. The van der Waals surface area contributed by atoms with Crippen molar-refractivity contribution in [2.75, 3.05) is 13.2 Å². The Hall–Kier alpha value is -0.980. The van der Waals surface area contributed by atoms with Crippen LogP contribution in [-0.2, 0) is 14.6 Å². The van der Waals surface area contributed by atoms with Crippen LogP contribution in [0.15, 0.2) is 29.2 Å². The van der Waals surface area contributed by atoms with Crippen molar-refractivity contribution in [3.05, 3.63) is 29.8 Å². The van der Waals surface area contributed by atoms with Crippen LogP contribution in [0.4, 0.5) is 0 Å². The highest BCUT2D eigenvalue weighted by atomic mass is 32.2. The topological polar surface area (TPSA) is 69.4 Å². The zero-order chi connectivity index (χ0) is 15.0. The van der Waals surface area contributed by atoms with E-state index in [9.17, 15) is 8.42 Å². The molecule has 4 nitrogen and oxygen atoms in total. The minimum Gasteiger partial charge on any atom is -0.393 e. The Labute approximate surface area is 125 Å². The van der Waals surface area contributed by atoms with Crippen LogP contribution in [0.25, 0.3) is 0 Å². The van der Waals surface area contributed by atoms with Gasteiger partial charge in [-0.05, 0) is 32.4 Å². The third kappa shape index (κ3) is 2.60. The highest BCUT2D eigenvalue weighted by Gasteiger charge is 2.63. The Morgan fingerprint density at radius 1 is 1.45 bits per heavy atom. The summed E-state index contributed by atoms with van der Waals surface area (Å²) in [4.78, 5) is 0.550. The fraction of sp³-hybridized carbons (Fsp3) is 0.500. The van der Waals surface area contributed by atoms with Gasteiger partial charge < -0.3 is 10.5 Å². The molecule has 0 heterocycles. The van der Waals surface area contributed by atoms with E-state index in [0.717, 1.165) is 5.56 Å². The quantitative estimate of drug-likeness (QED) is 0.812. The van der Waals surface area contributed by atoms with E-state index in [4.69, 9.17) is 22.7 Å². The van der Waals surface area contributed by atoms with E-state index in [1.165, 1.54) is 0 Å². The monoisotopic (exact) mass is 313 g/mol. The lowest BCUT2D eigenvalue weighted by Gasteiger charge is -2.16. The molecule has 0 spiro atoms. The average Bonchev–Trinajstić information content (AvgIpc) is 3.14. The molecule has 110 valence electrons. The molecule has 0 amide bonds. The van der Waals surface area contributed by atoms with Gasteiger partial charge in [0, 0.05) is 6.61 Å². The zero-order valence-electron chi connectivity index (χ0n) is 11.6. The minimum atomic E-state index is -3.41. The van der Waals surface area contributed by atoms with Crippen LogP contribution >= 0.6 is 12.2 Å². The van der Waals surface area contributed by atoms with Crippen molar-refractivity contribution < 1.29 is 13.2 Å². The number of nitrogens with two attached hydrogens (primary N) is 1. The molecule has 2 rings (SSSR count). The molecule has 2 atom stereocenters. The summed E-state index contributed by atoms with van der Waals surface area (Å²) in [5.41, 5.74) is 6.07. The molecule has 20 heavy (non-hydrogen) atoms. The SMILES string of the molecule is CCOC[C@@]1(C(N)=S)C[C@H]1S(=O)(=O)c1ccc(C)cc1. The van der Waals surface area contributed by atoms with E-state index < -0.39 is 20.5 Å². The third-order valence-electron chi connectivity index (χ3n) is 3.78. The van der Waals surface area contributed by atoms with E-state index in [-0.39, 0.29) is 11.6 Å². The molecule has 0 aromatic heterocycles. The van der Waals surface area contributed by atoms with Crippen molar-refractivity contribution in [3.8, 4) is 0 Å². The van der Waals surface area contributed by atoms with Gasteiger partial charge in [-0.1, -0.05) is 29.9 Å². The van der Waals surface area contributed by atoms with Gasteiger partial charge in [0.15, 0.2) is 9.84 Å². The number of aryl methyl sites for hydroxylation is 1. The number of rotatable bonds is 6. The van der Waals surface area contributed by atoms with Crippen LogP contribution in [0.1, 0.15) is 18.9 Å². The van der Waals surface area contributed by atoms with E-state index in [0.29, 0.717) is 17.9 Å². The average molecular weight is 313 g/mol. The second kappa shape index (κ2) is 5.42. The standard InChI is InChI=1S/C14H19NO3S2/c1-3-18-9-14(13(15)19)8-12(14)20(16,17)11-6-4-10(2)5-7-11/h4-7,12H,3,8-9H2,1-2H3,(H2,15,19)/t12-,14+/m1/s1. The van der Waals surface area contributed by atoms with Crippen molar-refractivity contribution in [2.24, 2.45) is 11.1 Å². The van der Waals surface area contributed by atoms with Crippen molar-refractivity contribution in [2.45, 2.75) is 30.4 Å². The van der Waals surface area contributed by atoms with Crippen LogP contribution in [0.5, 0.6) is 0 Å². The number of ether oxygens (including phenoxy) is 1. The molecule has 2 N–H and O–H groups in total. The lowest BCUT2D eigenvalue weighted by molar-refractivity contribution is 0.123. The largest absolute Gasteiger partial charge is 0.393 e. The van der Waals surface area contributed by atoms with Gasteiger partial charge in [0.1, 0.15) is 0 Å². The number of sulfone groups is 1. The maximum Gasteiger partial charge on any atom is 0.182 e. The van der Waals surface area contributed by atoms with Gasteiger partial charge in [-0.25, -0.2) is 8.42 Å². The van der Waals surface area contributed by atoms with Gasteiger partial charge in [-0.2, -0.15) is 0 Å². The fourth-order valence-corrected chi connectivity index (χ4v) is 4.85. The van der Waals surface area contributed by atoms with Crippen LogP contribution in [0.3, 0.4) is 0 Å². The summed E-state index contributed by atoms with van der Waals surface area (Å²) in [5, 5.41) is -0.568. The summed E-state index contributed by atoms with van der Waals surface area (Å²) in [5.74, 6) is 0. The number of hydrogen-bond acceptors (Lipinski definition) is 4. The summed E-state index contributed by atoms with van der Waals surface area (Å²) in [6, 6.07) is 6.85. The first-order chi connectivity index (χ1) is 9.34. The van der Waals surface area contributed by atoms with E-state index in [2.05, 4.69) is 0 Å². The number of thiocarbonyl (C=S) groups is 1. The summed E-state index contributed by atoms with van der Waals surface area (Å²) in [7, 11) is -3.41. The number of hydrogen-bond donors (Lipinski definition) is 1. The molecule has 1 aromatic rings. The first kappa shape index (κ1) is 15.4. The Morgan fingerprint density at radius 2 is 2.05 bits per heavy atom. The summed E-state index contributed by atoms with van der Waals surface area (Å²) >= 11 is 5.06. The second-order valence-electron chi connectivity index (χ2n) is 5.21. The summed E-state index contributed by atoms with van der Waals surface area (Å²) < 4.78 is 30.6. The summed E-state index contributed by atoms with van der Waals surface area (Å²) in [6.07, 6.45) is 0.443. The summed E-state index contributed by atoms with van der Waals surface area (Å²) in [6.45, 7) is 4.57. The molecule has 1 saturated carbocycles. The van der Waals surface area contributed by atoms with Gasteiger partial charge in [0.05, 0.1) is 27.2 Å². The van der Waals surface area contributed by atoms with Gasteiger partial charge in [0.25, 0.3) is 0 Å². The molecular weight excluding hydrogens is 294 g/mol. The molecule has 1 aromatic carbocycles. The van der Waals surface area contributed by atoms with Crippen molar-refractivity contribution in [1.29, 1.82) is 0 Å². The van der Waals surface area contributed by atoms with Crippen LogP contribution < -0.4 is 5.73 Å². The first-order valence-electron chi connectivity index (χ1n) is 6.53. The molecule has 6 heteroatoms. The van der Waals surface area contributed by atoms with Gasteiger partial charge in [0.2, 0.25) is 0 Å². The highest BCUT2D eigenvalue weighted by molar-refractivity contribution is 7.92. The van der Waals surface area contributed by atoms with Gasteiger partial charge >= 0.3 is 0 Å². The maximum atomic E-state index is 12.6. The molecular formula is C14H19NO3S2. The lowest BCUT2D eigenvalue weighted by atomic mass is 10.1. The Bertz CT molecular complexity index is 610. The predicted octanol–water partition coefficient (Wildman–Crippen LogP) is 1.85. The minimum absolute atomic E-state index is 0.228. The Balaban J connectivity index is 2.28. The molecule has 0 aliphatic heterocycles. The van der Waals surface area contributed by atoms with Crippen molar-refractivity contribution >= 4 is 27.0 Å². The van der Waals surface area contributed by atoms with Crippen LogP contribution in [-0.4, -0.2) is 31.9 Å². The molecule has 0 unspecified atom stereocenters. The molecule has 1 fully saturated rings. The molecule has 0 bridgehead atoms. The normalized spacial score (nSPS) is 25.4. The van der Waals surface area contributed by atoms with Crippen molar-refractivity contribution in [1.82, 2.24) is 0 Å². The molecule has 1 aliphatic carbocycles. The molecule has 0 saturated heterocycles. The van der Waals surface area contributed by atoms with E-state index in [1.807, 2.05) is 13.8 Å². The fourth-order valence-electron chi connectivity index (χ4n) is 2.34. The first-order valence-corrected chi connectivity index (χ1v) is 8.48. The lowest BCUT2D eigenvalue weighted by Crippen LogP contribution is -2.33. The predicted molar refractivity (Wildman–Crippen MR) is 82.5 cm³/mol. The van der Waals surface area contributed by atoms with E-state index in [1.54, 1.807) is 24.3 Å². The van der Waals surface area contributed by atoms with E-state index >= 15 is 0 Å². The zero-order valence-corrected chi connectivity index (χ0v) is 13.3. The maximum absolute atomic E-state index is 12.6. The second-order valence-corrected chi connectivity index (χ2v) is 7.78. The van der Waals surface area contributed by atoms with Crippen LogP contribution in [0.2, 0.25) is 0 Å². The smallest absolute Gasteiger partial charge is 0.182 e. The van der Waals surface area contributed by atoms with Crippen molar-refractivity contribution in [3.63, 3.8) is 0 Å². The van der Waals surface area contributed by atoms with Gasteiger partial charge in [-0.3, -0.25) is 0 Å². The van der Waals surface area contributed by atoms with Gasteiger partial charge in [-0.15, -0.1) is 0 Å². The van der Waals surface area contributed by atoms with Crippen LogP contribution in [0, 0.1) is 12.3 Å². The third-order valence-corrected chi connectivity index (χ3v) is 6.49. The molecule has 1 aliphatic rings.